The highest BCUT2D eigenvalue weighted by molar-refractivity contribution is 6.12. The summed E-state index contributed by atoms with van der Waals surface area (Å²) < 4.78 is 13.0. The molecule has 54 heavy (non-hydrogen) atoms. The summed E-state index contributed by atoms with van der Waals surface area (Å²) >= 11 is 0. The van der Waals surface area contributed by atoms with Gasteiger partial charge in [-0.1, -0.05) is 91.0 Å². The third kappa shape index (κ3) is 4.03. The zero-order valence-corrected chi connectivity index (χ0v) is 28.8. The molecule has 12 rings (SSSR count). The first-order valence-electron chi connectivity index (χ1n) is 18.0. The number of furan rings is 1. The molecule has 0 atom stereocenters. The van der Waals surface area contributed by atoms with Crippen LogP contribution in [-0.4, -0.2) is 28.7 Å². The monoisotopic (exact) mass is 692 g/mol. The van der Waals surface area contributed by atoms with Crippen molar-refractivity contribution in [2.24, 2.45) is 0 Å². The van der Waals surface area contributed by atoms with Crippen LogP contribution in [0.25, 0.3) is 105 Å². The molecule has 0 fully saturated rings. The van der Waals surface area contributed by atoms with Crippen LogP contribution in [-0.2, 0) is 0 Å². The summed E-state index contributed by atoms with van der Waals surface area (Å²) in [5.74, 6) is 1.36. The molecule has 12 aromatic rings. The van der Waals surface area contributed by atoms with Crippen LogP contribution in [0.1, 0.15) is 0 Å². The summed E-state index contributed by atoms with van der Waals surface area (Å²) in [5, 5.41) is 6.87. The van der Waals surface area contributed by atoms with Crippen molar-refractivity contribution in [3.63, 3.8) is 0 Å². The van der Waals surface area contributed by atoms with E-state index < -0.39 is 0 Å². The maximum atomic E-state index is 6.28. The maximum Gasteiger partial charge on any atom is 0.234 e. The van der Waals surface area contributed by atoms with Gasteiger partial charge in [0.2, 0.25) is 5.95 Å². The maximum absolute atomic E-state index is 6.28. The summed E-state index contributed by atoms with van der Waals surface area (Å²) in [6, 6.07) is 55.0. The molecule has 0 N–H and O–H groups in total. The van der Waals surface area contributed by atoms with E-state index in [2.05, 4.69) is 123 Å². The minimum atomic E-state index is 0.597. The van der Waals surface area contributed by atoms with Gasteiger partial charge in [-0.15, -0.1) is 0 Å². The third-order valence-electron chi connectivity index (χ3n) is 10.8. The first-order valence-corrected chi connectivity index (χ1v) is 18.0. The summed E-state index contributed by atoms with van der Waals surface area (Å²) in [6.07, 6.45) is 3.78. The van der Waals surface area contributed by atoms with Crippen LogP contribution in [0.15, 0.2) is 175 Å². The largest absolute Gasteiger partial charge is 0.456 e. The quantitative estimate of drug-likeness (QED) is 0.184. The summed E-state index contributed by atoms with van der Waals surface area (Å²) in [5.41, 5.74) is 10.9. The van der Waals surface area contributed by atoms with E-state index in [-0.39, 0.29) is 0 Å². The molecule has 0 aliphatic carbocycles. The Kier molecular flexibility index (Phi) is 5.93. The molecule has 7 nitrogen and oxygen atoms in total. The highest BCUT2D eigenvalue weighted by Crippen LogP contribution is 2.39. The average Bonchev–Trinajstić information content (AvgIpc) is 3.98. The van der Waals surface area contributed by atoms with Gasteiger partial charge in [-0.05, 0) is 66.7 Å². The Labute approximate surface area is 307 Å². The summed E-state index contributed by atoms with van der Waals surface area (Å²) in [4.78, 5) is 15.2. The Hall–Kier alpha value is -7.51. The number of benzene rings is 7. The lowest BCUT2D eigenvalue weighted by Gasteiger charge is -2.12. The molecule has 0 bridgehead atoms. The van der Waals surface area contributed by atoms with Crippen molar-refractivity contribution >= 4 is 76.6 Å². The standard InChI is InChI=1S/C47H28N6O/c1-6-17-37-31(12-1)32-13-2-7-18-38(32)51(37)30-24-25-40-35(26-30)33-14-3-8-19-39(33)53(40)47-48-27-29(28-49-47)46-50-36-16-5-9-20-41(36)52(46)42-21-11-23-44-45(42)34-15-4-10-22-43(34)54-44/h1-28H. The van der Waals surface area contributed by atoms with Crippen molar-refractivity contribution < 1.29 is 4.42 Å². The van der Waals surface area contributed by atoms with E-state index in [1.165, 1.54) is 21.8 Å². The van der Waals surface area contributed by atoms with Gasteiger partial charge in [-0.2, -0.15) is 0 Å². The molecule has 0 aliphatic rings. The molecule has 5 heterocycles. The van der Waals surface area contributed by atoms with Crippen LogP contribution >= 0.6 is 0 Å². The third-order valence-corrected chi connectivity index (χ3v) is 10.8. The number of hydrogen-bond acceptors (Lipinski definition) is 4. The highest BCUT2D eigenvalue weighted by Gasteiger charge is 2.21. The second kappa shape index (κ2) is 11.0. The number of hydrogen-bond donors (Lipinski definition) is 0. The highest BCUT2D eigenvalue weighted by atomic mass is 16.3. The van der Waals surface area contributed by atoms with Crippen LogP contribution < -0.4 is 0 Å². The number of nitrogens with zero attached hydrogens (tertiary/aromatic N) is 6. The molecule has 0 spiro atoms. The molecule has 7 heteroatoms. The van der Waals surface area contributed by atoms with Crippen LogP contribution in [0.3, 0.4) is 0 Å². The lowest BCUT2D eigenvalue weighted by Crippen LogP contribution is -2.03. The second-order valence-electron chi connectivity index (χ2n) is 13.7. The van der Waals surface area contributed by atoms with Crippen molar-refractivity contribution in [3.05, 3.63) is 170 Å². The van der Waals surface area contributed by atoms with Crippen molar-refractivity contribution in [2.75, 3.05) is 0 Å². The molecule has 252 valence electrons. The lowest BCUT2D eigenvalue weighted by atomic mass is 10.1. The normalized spacial score (nSPS) is 12.1. The van der Waals surface area contributed by atoms with Gasteiger partial charge in [0, 0.05) is 45.0 Å². The molecule has 0 unspecified atom stereocenters. The molecule has 7 aromatic carbocycles. The topological polar surface area (TPSA) is 66.6 Å². The summed E-state index contributed by atoms with van der Waals surface area (Å²) in [7, 11) is 0. The van der Waals surface area contributed by atoms with Crippen molar-refractivity contribution in [3.8, 4) is 28.7 Å². The Morgan fingerprint density at radius 1 is 0.426 bits per heavy atom. The number of aromatic nitrogens is 6. The molecule has 0 saturated heterocycles. The van der Waals surface area contributed by atoms with E-state index in [0.717, 1.165) is 77.5 Å². The fourth-order valence-electron chi connectivity index (χ4n) is 8.47. The van der Waals surface area contributed by atoms with Gasteiger partial charge in [-0.3, -0.25) is 9.13 Å². The molecule has 0 saturated carbocycles. The Morgan fingerprint density at radius 2 is 1.00 bits per heavy atom. The van der Waals surface area contributed by atoms with E-state index in [1.807, 2.05) is 60.9 Å². The predicted octanol–water partition coefficient (Wildman–Crippen LogP) is 11.6. The van der Waals surface area contributed by atoms with Crippen molar-refractivity contribution in [2.45, 2.75) is 0 Å². The number of rotatable bonds is 4. The van der Waals surface area contributed by atoms with Gasteiger partial charge in [0.25, 0.3) is 0 Å². The van der Waals surface area contributed by atoms with Crippen LogP contribution in [0, 0.1) is 0 Å². The van der Waals surface area contributed by atoms with Crippen LogP contribution in [0.2, 0.25) is 0 Å². The number of fused-ring (bicyclic) bond motifs is 10. The Bertz CT molecular complexity index is 3400. The average molecular weight is 693 g/mol. The Morgan fingerprint density at radius 3 is 1.74 bits per heavy atom. The van der Waals surface area contributed by atoms with Crippen LogP contribution in [0.5, 0.6) is 0 Å². The molecule has 0 aliphatic heterocycles. The fraction of sp³-hybridized carbons (Fsp3) is 0. The Balaban J connectivity index is 1.03. The molecular formula is C47H28N6O. The first kappa shape index (κ1) is 29.1. The number of imidazole rings is 1. The van der Waals surface area contributed by atoms with Gasteiger partial charge in [0.05, 0.1) is 49.7 Å². The van der Waals surface area contributed by atoms with Crippen LogP contribution in [0.4, 0.5) is 0 Å². The first-order chi connectivity index (χ1) is 26.8. The minimum Gasteiger partial charge on any atom is -0.456 e. The second-order valence-corrected chi connectivity index (χ2v) is 13.7. The zero-order valence-electron chi connectivity index (χ0n) is 28.8. The van der Waals surface area contributed by atoms with Crippen molar-refractivity contribution in [1.29, 1.82) is 0 Å². The number of para-hydroxylation sites is 6. The predicted molar refractivity (Wildman–Crippen MR) is 218 cm³/mol. The van der Waals surface area contributed by atoms with Gasteiger partial charge in [-0.25, -0.2) is 15.0 Å². The van der Waals surface area contributed by atoms with Gasteiger partial charge in [0.1, 0.15) is 17.0 Å². The smallest absolute Gasteiger partial charge is 0.234 e. The zero-order chi connectivity index (χ0) is 35.3. The van der Waals surface area contributed by atoms with E-state index in [1.54, 1.807) is 0 Å². The van der Waals surface area contributed by atoms with Gasteiger partial charge >= 0.3 is 0 Å². The van der Waals surface area contributed by atoms with E-state index in [4.69, 9.17) is 19.4 Å². The lowest BCUT2D eigenvalue weighted by molar-refractivity contribution is 0.669. The molecule has 5 aromatic heterocycles. The molecule has 0 radical (unpaired) electrons. The molecular weight excluding hydrogens is 665 g/mol. The van der Waals surface area contributed by atoms with E-state index in [0.29, 0.717) is 5.95 Å². The SMILES string of the molecule is c1ccc2c(c1)nc(-c1cnc(-n3c4ccccc4c4cc(-n5c6ccccc6c6ccccc65)ccc43)nc1)n2-c1cccc2oc3ccccc3c12. The van der Waals surface area contributed by atoms with E-state index >= 15 is 0 Å². The van der Waals surface area contributed by atoms with Crippen molar-refractivity contribution in [1.82, 2.24) is 28.7 Å². The molecule has 0 amide bonds. The minimum absolute atomic E-state index is 0.597. The fourth-order valence-corrected chi connectivity index (χ4v) is 8.47. The van der Waals surface area contributed by atoms with Gasteiger partial charge in [0.15, 0.2) is 0 Å². The van der Waals surface area contributed by atoms with E-state index in [9.17, 15) is 0 Å². The van der Waals surface area contributed by atoms with Gasteiger partial charge < -0.3 is 8.98 Å². The summed E-state index contributed by atoms with van der Waals surface area (Å²) in [6.45, 7) is 0.